The van der Waals surface area contributed by atoms with Crippen molar-refractivity contribution in [3.63, 3.8) is 0 Å². The van der Waals surface area contributed by atoms with Crippen LogP contribution in [0, 0.1) is 0 Å². The van der Waals surface area contributed by atoms with Crippen LogP contribution in [0.15, 0.2) is 49.0 Å². The van der Waals surface area contributed by atoms with Crippen molar-refractivity contribution in [2.24, 2.45) is 0 Å². The number of methoxy groups -OCH3 is 1. The Hall–Kier alpha value is -3.48. The van der Waals surface area contributed by atoms with Gasteiger partial charge in [-0.2, -0.15) is 0 Å². The molecule has 0 heterocycles. The molecule has 0 aromatic heterocycles. The molecule has 11 nitrogen and oxygen atoms in total. The van der Waals surface area contributed by atoms with Crippen LogP contribution in [0.25, 0.3) is 5.57 Å². The van der Waals surface area contributed by atoms with Gasteiger partial charge in [-0.3, -0.25) is 10.1 Å². The summed E-state index contributed by atoms with van der Waals surface area (Å²) in [6, 6.07) is 11.9. The van der Waals surface area contributed by atoms with Crippen molar-refractivity contribution in [1.82, 2.24) is 5.32 Å². The Labute approximate surface area is 265 Å². The van der Waals surface area contributed by atoms with Crippen LogP contribution in [-0.4, -0.2) is 94.3 Å². The molecular formula is C34H48N2O9. The number of amides is 2. The number of aliphatic hydroxyl groups excluding tert-OH is 1. The van der Waals surface area contributed by atoms with E-state index < -0.39 is 24.2 Å². The lowest BCUT2D eigenvalue weighted by atomic mass is 9.84. The molecule has 0 spiro atoms. The number of hydrogen-bond donors (Lipinski definition) is 4. The van der Waals surface area contributed by atoms with E-state index in [2.05, 4.69) is 24.1 Å². The molecule has 11 heteroatoms. The van der Waals surface area contributed by atoms with Crippen LogP contribution in [0.4, 0.5) is 10.5 Å². The van der Waals surface area contributed by atoms with Gasteiger partial charge in [0.25, 0.3) is 0 Å². The average Bonchev–Trinajstić information content (AvgIpc) is 3.36. The molecule has 45 heavy (non-hydrogen) atoms. The third kappa shape index (κ3) is 11.8. The Morgan fingerprint density at radius 3 is 2.31 bits per heavy atom. The van der Waals surface area contributed by atoms with E-state index in [4.69, 9.17) is 23.7 Å². The lowest BCUT2D eigenvalue weighted by molar-refractivity contribution is -0.121. The molecule has 0 aliphatic heterocycles. The topological polar surface area (TPSA) is 145 Å². The lowest BCUT2D eigenvalue weighted by Crippen LogP contribution is -2.42. The van der Waals surface area contributed by atoms with Gasteiger partial charge in [0.15, 0.2) is 0 Å². The minimum absolute atomic E-state index is 0.00420. The monoisotopic (exact) mass is 628 g/mol. The van der Waals surface area contributed by atoms with Crippen LogP contribution < -0.4 is 10.6 Å². The quantitative estimate of drug-likeness (QED) is 0.117. The molecule has 0 saturated heterocycles. The van der Waals surface area contributed by atoms with E-state index in [0.717, 1.165) is 30.4 Å². The molecule has 1 aliphatic carbocycles. The summed E-state index contributed by atoms with van der Waals surface area (Å²) in [4.78, 5) is 25.5. The molecule has 2 aromatic rings. The Morgan fingerprint density at radius 1 is 0.956 bits per heavy atom. The Kier molecular flexibility index (Phi) is 15.8. The number of nitrogens with one attached hydrogen (secondary N) is 2. The first-order valence-corrected chi connectivity index (χ1v) is 15.6. The third-order valence-corrected chi connectivity index (χ3v) is 7.56. The fourth-order valence-corrected chi connectivity index (χ4v) is 5.22. The molecule has 1 aliphatic rings. The van der Waals surface area contributed by atoms with E-state index in [9.17, 15) is 19.8 Å². The Morgan fingerprint density at radius 2 is 1.62 bits per heavy atom. The van der Waals surface area contributed by atoms with Crippen molar-refractivity contribution in [1.29, 1.82) is 0 Å². The number of fused-ring (bicyclic) bond motifs is 1. The van der Waals surface area contributed by atoms with E-state index in [1.165, 1.54) is 6.07 Å². The van der Waals surface area contributed by atoms with Crippen LogP contribution >= 0.6 is 0 Å². The summed E-state index contributed by atoms with van der Waals surface area (Å²) in [6.07, 6.45) is 2.09. The van der Waals surface area contributed by atoms with E-state index in [1.807, 2.05) is 24.3 Å². The minimum atomic E-state index is -0.762. The van der Waals surface area contributed by atoms with Crippen molar-refractivity contribution in [2.45, 2.75) is 57.1 Å². The zero-order chi connectivity index (χ0) is 32.4. The molecule has 2 amide bonds. The molecule has 0 fully saturated rings. The summed E-state index contributed by atoms with van der Waals surface area (Å²) in [5.41, 5.74) is 3.26. The van der Waals surface area contributed by atoms with Gasteiger partial charge in [0.1, 0.15) is 12.4 Å². The number of ether oxygens (including phenoxy) is 5. The molecule has 0 saturated carbocycles. The first-order valence-electron chi connectivity index (χ1n) is 15.6. The fourth-order valence-electron chi connectivity index (χ4n) is 5.22. The largest absolute Gasteiger partial charge is 0.506 e. The molecule has 1 unspecified atom stereocenters. The SMILES string of the molecule is C=C(c1ccc(O)c(NC(=O)OCCOCCOCCOCCOC)c1)[C@@H](NC(=O)CCCCC)C1c2ccccc2C[C@H]1O. The van der Waals surface area contributed by atoms with Gasteiger partial charge in [-0.25, -0.2) is 4.79 Å². The predicted molar refractivity (Wildman–Crippen MR) is 171 cm³/mol. The van der Waals surface area contributed by atoms with Crippen LogP contribution in [0.1, 0.15) is 55.2 Å². The zero-order valence-corrected chi connectivity index (χ0v) is 26.4. The third-order valence-electron chi connectivity index (χ3n) is 7.56. The number of aromatic hydroxyl groups is 1. The molecule has 4 N–H and O–H groups in total. The number of phenols is 1. The molecular weight excluding hydrogens is 580 g/mol. The van der Waals surface area contributed by atoms with Crippen LogP contribution in [-0.2, 0) is 34.9 Å². The summed E-state index contributed by atoms with van der Waals surface area (Å²) in [5, 5.41) is 27.2. The number of aliphatic hydroxyl groups is 1. The normalized spacial score (nSPS) is 16.2. The van der Waals surface area contributed by atoms with Crippen molar-refractivity contribution in [3.8, 4) is 5.75 Å². The summed E-state index contributed by atoms with van der Waals surface area (Å²) in [6.45, 7) is 9.25. The highest BCUT2D eigenvalue weighted by atomic mass is 16.6. The Bertz CT molecular complexity index is 1220. The maximum Gasteiger partial charge on any atom is 0.411 e. The highest BCUT2D eigenvalue weighted by Crippen LogP contribution is 2.40. The second-order valence-corrected chi connectivity index (χ2v) is 10.8. The first-order chi connectivity index (χ1) is 21.8. The summed E-state index contributed by atoms with van der Waals surface area (Å²) >= 11 is 0. The number of carbonyl (C=O) groups excluding carboxylic acids is 2. The Balaban J connectivity index is 1.56. The zero-order valence-electron chi connectivity index (χ0n) is 26.4. The van der Waals surface area contributed by atoms with Crippen LogP contribution in [0.3, 0.4) is 0 Å². The molecule has 2 aromatic carbocycles. The highest BCUT2D eigenvalue weighted by molar-refractivity contribution is 5.88. The number of hydrogen-bond acceptors (Lipinski definition) is 9. The van der Waals surface area contributed by atoms with Gasteiger partial charge in [0, 0.05) is 19.4 Å². The average molecular weight is 629 g/mol. The maximum atomic E-state index is 13.0. The number of phenolic OH excluding ortho intramolecular Hbond substituents is 1. The lowest BCUT2D eigenvalue weighted by Gasteiger charge is -2.30. The van der Waals surface area contributed by atoms with Crippen molar-refractivity contribution in [3.05, 3.63) is 65.7 Å². The van der Waals surface area contributed by atoms with E-state index in [-0.39, 0.29) is 30.6 Å². The van der Waals surface area contributed by atoms with Gasteiger partial charge in [0.05, 0.1) is 64.1 Å². The molecule has 0 radical (unpaired) electrons. The number of unbranched alkanes of at least 4 members (excludes halogenated alkanes) is 2. The molecule has 248 valence electrons. The van der Waals surface area contributed by atoms with Crippen LogP contribution in [0.2, 0.25) is 0 Å². The van der Waals surface area contributed by atoms with Crippen molar-refractivity contribution >= 4 is 23.3 Å². The second-order valence-electron chi connectivity index (χ2n) is 10.8. The van der Waals surface area contributed by atoms with Gasteiger partial charge in [-0.15, -0.1) is 0 Å². The van der Waals surface area contributed by atoms with Gasteiger partial charge in [-0.1, -0.05) is 56.7 Å². The number of rotatable bonds is 21. The van der Waals surface area contributed by atoms with Crippen LogP contribution in [0.5, 0.6) is 5.75 Å². The fraction of sp³-hybridized carbons (Fsp3) is 0.529. The molecule has 3 atom stereocenters. The van der Waals surface area contributed by atoms with Gasteiger partial charge in [-0.05, 0) is 47.2 Å². The van der Waals surface area contributed by atoms with Gasteiger partial charge < -0.3 is 39.2 Å². The smallest absolute Gasteiger partial charge is 0.411 e. The highest BCUT2D eigenvalue weighted by Gasteiger charge is 2.39. The molecule has 3 rings (SSSR count). The standard InChI is InChI=1S/C34H48N2O9/c1-4-5-6-11-31(39)36-33(32-27-10-8-7-9-26(27)23-30(32)38)24(2)25-12-13-29(37)28(22-25)35-34(40)45-21-20-44-19-18-43-17-16-42-15-14-41-3/h7-10,12-13,22,30,32-33,37-38H,2,4-6,11,14-21,23H2,1,3H3,(H,35,40)(H,36,39)/t30-,32?,33-/m1/s1. The van der Waals surface area contributed by atoms with Crippen molar-refractivity contribution in [2.75, 3.05) is 65.3 Å². The van der Waals surface area contributed by atoms with Gasteiger partial charge in [0.2, 0.25) is 5.91 Å². The van der Waals surface area contributed by atoms with E-state index in [1.54, 1.807) is 19.2 Å². The van der Waals surface area contributed by atoms with E-state index >= 15 is 0 Å². The summed E-state index contributed by atoms with van der Waals surface area (Å²) < 4.78 is 26.2. The predicted octanol–water partition coefficient (Wildman–Crippen LogP) is 4.42. The molecule has 0 bridgehead atoms. The van der Waals surface area contributed by atoms with Crippen molar-refractivity contribution < 1.29 is 43.5 Å². The summed E-state index contributed by atoms with van der Waals surface area (Å²) in [5.74, 6) is -0.680. The second kappa shape index (κ2) is 19.8. The number of benzene rings is 2. The number of anilines is 1. The maximum absolute atomic E-state index is 13.0. The van der Waals surface area contributed by atoms with E-state index in [0.29, 0.717) is 63.6 Å². The first kappa shape index (κ1) is 36.0. The number of carbonyl (C=O) groups is 2. The minimum Gasteiger partial charge on any atom is -0.506 e. The van der Waals surface area contributed by atoms with Gasteiger partial charge >= 0.3 is 6.09 Å². The summed E-state index contributed by atoms with van der Waals surface area (Å²) in [7, 11) is 1.61.